The molecule has 0 bridgehead atoms. The summed E-state index contributed by atoms with van der Waals surface area (Å²) in [6.07, 6.45) is 1.50. The van der Waals surface area contributed by atoms with Crippen molar-refractivity contribution in [2.24, 2.45) is 0 Å². The zero-order valence-electron chi connectivity index (χ0n) is 27.4. The van der Waals surface area contributed by atoms with Gasteiger partial charge in [-0.15, -0.1) is 0 Å². The number of carbonyl (C=O) groups excluding carboxylic acids is 2. The number of aliphatic hydroxyl groups excluding tert-OH is 1. The highest BCUT2D eigenvalue weighted by Crippen LogP contribution is 2.39. The quantitative estimate of drug-likeness (QED) is 0.0686. The van der Waals surface area contributed by atoms with Crippen molar-refractivity contribution in [3.63, 3.8) is 0 Å². The second-order valence-corrected chi connectivity index (χ2v) is 12.4. The Labute approximate surface area is 282 Å². The topological polar surface area (TPSA) is 120 Å². The van der Waals surface area contributed by atoms with Crippen LogP contribution in [-0.2, 0) is 38.8 Å². The Morgan fingerprint density at radius 1 is 0.771 bits per heavy atom. The minimum absolute atomic E-state index is 0.00179. The van der Waals surface area contributed by atoms with Gasteiger partial charge in [0.1, 0.15) is 0 Å². The van der Waals surface area contributed by atoms with Crippen LogP contribution in [0.3, 0.4) is 0 Å². The summed E-state index contributed by atoms with van der Waals surface area (Å²) in [6, 6.07) is 34.6. The van der Waals surface area contributed by atoms with E-state index in [9.17, 15) is 14.7 Å². The van der Waals surface area contributed by atoms with Crippen molar-refractivity contribution < 1.29 is 29.4 Å². The van der Waals surface area contributed by atoms with Gasteiger partial charge in [-0.3, -0.25) is 19.7 Å². The molecule has 4 aromatic carbocycles. The summed E-state index contributed by atoms with van der Waals surface area (Å²) in [5.41, 5.74) is 8.71. The normalized spacial score (nSPS) is 17.6. The van der Waals surface area contributed by atoms with Crippen LogP contribution in [0, 0.1) is 0 Å². The third kappa shape index (κ3) is 10.3. The van der Waals surface area contributed by atoms with E-state index in [0.717, 1.165) is 46.5 Å². The Morgan fingerprint density at radius 2 is 1.46 bits per heavy atom. The first-order chi connectivity index (χ1) is 23.4. The SMILES string of the molecule is CN(Cc1ccccc1)C[C@@H]1C[C@H](c2ccc(CO)cc2)O[C@H](c2cccc(-c3cccc(CNC(=O)CCCCC(=O)NO)c3)c2)O1. The van der Waals surface area contributed by atoms with E-state index in [1.807, 2.05) is 60.7 Å². The average Bonchev–Trinajstić information content (AvgIpc) is 3.13. The second-order valence-electron chi connectivity index (χ2n) is 12.4. The zero-order chi connectivity index (χ0) is 33.7. The second kappa shape index (κ2) is 17.7. The number of unbranched alkanes of at least 4 members (excludes halogenated alkanes) is 1. The van der Waals surface area contributed by atoms with Crippen LogP contribution in [0.15, 0.2) is 103 Å². The fourth-order valence-electron chi connectivity index (χ4n) is 5.98. The number of rotatable bonds is 15. The van der Waals surface area contributed by atoms with E-state index < -0.39 is 12.2 Å². The highest BCUT2D eigenvalue weighted by atomic mass is 16.7. The highest BCUT2D eigenvalue weighted by molar-refractivity contribution is 5.76. The van der Waals surface area contributed by atoms with Crippen molar-refractivity contribution in [1.29, 1.82) is 0 Å². The van der Waals surface area contributed by atoms with E-state index >= 15 is 0 Å². The van der Waals surface area contributed by atoms with Crippen LogP contribution in [0.25, 0.3) is 11.1 Å². The van der Waals surface area contributed by atoms with Crippen LogP contribution in [0.4, 0.5) is 0 Å². The smallest absolute Gasteiger partial charge is 0.243 e. The number of hydrogen-bond acceptors (Lipinski definition) is 7. The first kappa shape index (κ1) is 34.9. The number of aliphatic hydroxyl groups is 1. The van der Waals surface area contributed by atoms with Crippen LogP contribution in [0.1, 0.15) is 72.3 Å². The molecule has 0 spiro atoms. The first-order valence-corrected chi connectivity index (χ1v) is 16.5. The predicted octanol–water partition coefficient (Wildman–Crippen LogP) is 6.21. The number of amides is 2. The van der Waals surface area contributed by atoms with E-state index in [4.69, 9.17) is 14.7 Å². The zero-order valence-corrected chi connectivity index (χ0v) is 27.4. The molecule has 1 aliphatic rings. The monoisotopic (exact) mass is 651 g/mol. The van der Waals surface area contributed by atoms with Crippen molar-refractivity contribution >= 4 is 11.8 Å². The van der Waals surface area contributed by atoms with E-state index in [2.05, 4.69) is 59.7 Å². The average molecular weight is 652 g/mol. The van der Waals surface area contributed by atoms with Gasteiger partial charge in [-0.05, 0) is 65.4 Å². The lowest BCUT2D eigenvalue weighted by atomic mass is 9.98. The minimum Gasteiger partial charge on any atom is -0.392 e. The van der Waals surface area contributed by atoms with E-state index in [1.165, 1.54) is 5.56 Å². The van der Waals surface area contributed by atoms with Crippen molar-refractivity contribution in [3.05, 3.63) is 131 Å². The van der Waals surface area contributed by atoms with Crippen LogP contribution >= 0.6 is 0 Å². The van der Waals surface area contributed by atoms with Gasteiger partial charge in [0, 0.05) is 44.5 Å². The van der Waals surface area contributed by atoms with Crippen molar-refractivity contribution in [2.45, 2.75) is 70.3 Å². The molecule has 9 heteroatoms. The van der Waals surface area contributed by atoms with Gasteiger partial charge in [0.15, 0.2) is 6.29 Å². The van der Waals surface area contributed by atoms with Crippen LogP contribution in [0.5, 0.6) is 0 Å². The maximum Gasteiger partial charge on any atom is 0.243 e. The molecule has 9 nitrogen and oxygen atoms in total. The Kier molecular flexibility index (Phi) is 12.9. The molecule has 48 heavy (non-hydrogen) atoms. The molecule has 4 N–H and O–H groups in total. The molecule has 3 atom stereocenters. The van der Waals surface area contributed by atoms with Gasteiger partial charge in [-0.1, -0.05) is 91.0 Å². The standard InChI is InChI=1S/C39H45N3O6/c1-42(25-28-9-3-2-4-10-28)26-35-23-36(31-19-17-29(27-43)18-20-31)48-39(47-35)34-14-8-13-33(22-34)32-12-7-11-30(21-32)24-40-37(44)15-5-6-16-38(45)41-46/h2-4,7-14,17-22,35-36,39,43,46H,5-6,15-16,23-27H2,1H3,(H,40,44)(H,41,45)/t35-,36+,39+/m0/s1. The Hall–Kier alpha value is -4.38. The lowest BCUT2D eigenvalue weighted by molar-refractivity contribution is -0.252. The van der Waals surface area contributed by atoms with E-state index in [0.29, 0.717) is 32.2 Å². The van der Waals surface area contributed by atoms with Gasteiger partial charge < -0.3 is 19.9 Å². The van der Waals surface area contributed by atoms with Gasteiger partial charge in [0.2, 0.25) is 11.8 Å². The number of hydrogen-bond donors (Lipinski definition) is 4. The van der Waals surface area contributed by atoms with Crippen molar-refractivity contribution in [3.8, 4) is 11.1 Å². The molecule has 1 fully saturated rings. The van der Waals surface area contributed by atoms with E-state index in [1.54, 1.807) is 5.48 Å². The lowest BCUT2D eigenvalue weighted by Gasteiger charge is -2.38. The molecule has 0 aromatic heterocycles. The van der Waals surface area contributed by atoms with Gasteiger partial charge >= 0.3 is 0 Å². The largest absolute Gasteiger partial charge is 0.392 e. The first-order valence-electron chi connectivity index (χ1n) is 16.5. The number of carbonyl (C=O) groups is 2. The molecule has 1 aliphatic heterocycles. The third-order valence-corrected chi connectivity index (χ3v) is 8.52. The number of likely N-dealkylation sites (N-methyl/N-ethyl adjacent to an activating group) is 1. The molecule has 1 heterocycles. The van der Waals surface area contributed by atoms with E-state index in [-0.39, 0.29) is 31.1 Å². The van der Waals surface area contributed by atoms with Crippen LogP contribution < -0.4 is 10.8 Å². The summed E-state index contributed by atoms with van der Waals surface area (Å²) in [6.45, 7) is 1.95. The molecule has 1 saturated heterocycles. The predicted molar refractivity (Wildman–Crippen MR) is 183 cm³/mol. The van der Waals surface area contributed by atoms with Crippen LogP contribution in [-0.4, -0.2) is 46.7 Å². The minimum atomic E-state index is -0.567. The summed E-state index contributed by atoms with van der Waals surface area (Å²) >= 11 is 0. The fourth-order valence-corrected chi connectivity index (χ4v) is 5.98. The highest BCUT2D eigenvalue weighted by Gasteiger charge is 2.33. The molecular formula is C39H45N3O6. The molecular weight excluding hydrogens is 606 g/mol. The third-order valence-electron chi connectivity index (χ3n) is 8.52. The van der Waals surface area contributed by atoms with Gasteiger partial charge in [-0.2, -0.15) is 0 Å². The molecule has 4 aromatic rings. The molecule has 0 radical (unpaired) electrons. The Bertz CT molecular complexity index is 1610. The van der Waals surface area contributed by atoms with Crippen molar-refractivity contribution in [2.75, 3.05) is 13.6 Å². The number of nitrogens with zero attached hydrogens (tertiary/aromatic N) is 1. The Balaban J connectivity index is 1.27. The lowest BCUT2D eigenvalue weighted by Crippen LogP contribution is -2.37. The van der Waals surface area contributed by atoms with Gasteiger partial charge in [-0.25, -0.2) is 5.48 Å². The summed E-state index contributed by atoms with van der Waals surface area (Å²) in [7, 11) is 2.11. The summed E-state index contributed by atoms with van der Waals surface area (Å²) in [5.74, 6) is -0.527. The molecule has 0 unspecified atom stereocenters. The number of ether oxygens (including phenoxy) is 2. The maximum atomic E-state index is 12.3. The summed E-state index contributed by atoms with van der Waals surface area (Å²) in [4.78, 5) is 25.8. The summed E-state index contributed by atoms with van der Waals surface area (Å²) < 4.78 is 13.2. The molecule has 0 saturated carbocycles. The molecule has 252 valence electrons. The van der Waals surface area contributed by atoms with Crippen LogP contribution in [0.2, 0.25) is 0 Å². The van der Waals surface area contributed by atoms with Gasteiger partial charge in [0.25, 0.3) is 0 Å². The van der Waals surface area contributed by atoms with Gasteiger partial charge in [0.05, 0.1) is 18.8 Å². The number of benzene rings is 4. The molecule has 0 aliphatic carbocycles. The molecule has 5 rings (SSSR count). The maximum absolute atomic E-state index is 12.3. The number of nitrogens with one attached hydrogen (secondary N) is 2. The number of hydroxylamine groups is 1. The molecule has 2 amide bonds. The Morgan fingerprint density at radius 3 is 2.19 bits per heavy atom. The fraction of sp³-hybridized carbons (Fsp3) is 0.333. The van der Waals surface area contributed by atoms with Crippen molar-refractivity contribution in [1.82, 2.24) is 15.7 Å². The summed E-state index contributed by atoms with van der Waals surface area (Å²) in [5, 5.41) is 21.1.